The Balaban J connectivity index is 2.39. The SMILES string of the molecule is CCC(CC)C(CNCc1ccco1)N(C)C. The average Bonchev–Trinajstić information content (AvgIpc) is 2.81. The second-order valence-corrected chi connectivity index (χ2v) is 4.82. The molecule has 1 unspecified atom stereocenters. The fourth-order valence-corrected chi connectivity index (χ4v) is 2.36. The van der Waals surface area contributed by atoms with Crippen LogP contribution in [0.5, 0.6) is 0 Å². The highest BCUT2D eigenvalue weighted by atomic mass is 16.3. The lowest BCUT2D eigenvalue weighted by Gasteiger charge is -2.31. The minimum Gasteiger partial charge on any atom is -0.468 e. The Labute approximate surface area is 105 Å². The molecular formula is C14H26N2O. The lowest BCUT2D eigenvalue weighted by Crippen LogP contribution is -2.42. The van der Waals surface area contributed by atoms with Crippen LogP contribution in [0.1, 0.15) is 32.4 Å². The molecule has 0 fully saturated rings. The van der Waals surface area contributed by atoms with Gasteiger partial charge in [0.2, 0.25) is 0 Å². The van der Waals surface area contributed by atoms with Crippen molar-refractivity contribution in [2.24, 2.45) is 5.92 Å². The van der Waals surface area contributed by atoms with E-state index in [2.05, 4.69) is 38.2 Å². The van der Waals surface area contributed by atoms with Crippen molar-refractivity contribution in [3.63, 3.8) is 0 Å². The molecule has 1 aromatic heterocycles. The minimum absolute atomic E-state index is 0.597. The van der Waals surface area contributed by atoms with Crippen LogP contribution in [0.15, 0.2) is 22.8 Å². The van der Waals surface area contributed by atoms with Crippen LogP contribution < -0.4 is 5.32 Å². The van der Waals surface area contributed by atoms with Gasteiger partial charge in [-0.2, -0.15) is 0 Å². The van der Waals surface area contributed by atoms with Crippen molar-refractivity contribution in [2.75, 3.05) is 20.6 Å². The largest absolute Gasteiger partial charge is 0.468 e. The van der Waals surface area contributed by atoms with Gasteiger partial charge in [0.05, 0.1) is 12.8 Å². The zero-order valence-corrected chi connectivity index (χ0v) is 11.6. The van der Waals surface area contributed by atoms with E-state index in [1.807, 2.05) is 12.1 Å². The van der Waals surface area contributed by atoms with E-state index in [1.54, 1.807) is 6.26 Å². The van der Waals surface area contributed by atoms with Gasteiger partial charge in [-0.1, -0.05) is 26.7 Å². The maximum absolute atomic E-state index is 5.31. The standard InChI is InChI=1S/C14H26N2O/c1-5-12(6-2)14(16(3)4)11-15-10-13-8-7-9-17-13/h7-9,12,14-15H,5-6,10-11H2,1-4H3. The van der Waals surface area contributed by atoms with Gasteiger partial charge in [0.15, 0.2) is 0 Å². The summed E-state index contributed by atoms with van der Waals surface area (Å²) in [6.07, 6.45) is 4.20. The predicted molar refractivity (Wildman–Crippen MR) is 72.0 cm³/mol. The Morgan fingerprint density at radius 1 is 1.29 bits per heavy atom. The summed E-state index contributed by atoms with van der Waals surface area (Å²) in [5, 5.41) is 3.48. The van der Waals surface area contributed by atoms with Crippen molar-refractivity contribution in [3.8, 4) is 0 Å². The van der Waals surface area contributed by atoms with Gasteiger partial charge in [-0.25, -0.2) is 0 Å². The summed E-state index contributed by atoms with van der Waals surface area (Å²) in [5.41, 5.74) is 0. The molecule has 0 bridgehead atoms. The normalized spacial score (nSPS) is 13.5. The molecule has 0 saturated heterocycles. The van der Waals surface area contributed by atoms with Gasteiger partial charge in [0.1, 0.15) is 5.76 Å². The van der Waals surface area contributed by atoms with Crippen LogP contribution in [0.3, 0.4) is 0 Å². The van der Waals surface area contributed by atoms with Gasteiger partial charge in [-0.3, -0.25) is 0 Å². The monoisotopic (exact) mass is 238 g/mol. The Kier molecular flexibility index (Phi) is 6.30. The Morgan fingerprint density at radius 2 is 2.00 bits per heavy atom. The lowest BCUT2D eigenvalue weighted by atomic mass is 9.93. The highest BCUT2D eigenvalue weighted by molar-refractivity contribution is 4.97. The molecule has 0 aliphatic carbocycles. The van der Waals surface area contributed by atoms with Crippen molar-refractivity contribution in [3.05, 3.63) is 24.2 Å². The Hall–Kier alpha value is -0.800. The molecule has 0 aliphatic heterocycles. The van der Waals surface area contributed by atoms with Crippen molar-refractivity contribution < 1.29 is 4.42 Å². The Bertz CT molecular complexity index is 278. The number of hydrogen-bond acceptors (Lipinski definition) is 3. The molecule has 98 valence electrons. The number of likely N-dealkylation sites (N-methyl/N-ethyl adjacent to an activating group) is 1. The molecule has 17 heavy (non-hydrogen) atoms. The van der Waals surface area contributed by atoms with Crippen LogP contribution in [-0.4, -0.2) is 31.6 Å². The zero-order chi connectivity index (χ0) is 12.7. The second-order valence-electron chi connectivity index (χ2n) is 4.82. The van der Waals surface area contributed by atoms with E-state index in [9.17, 15) is 0 Å². The van der Waals surface area contributed by atoms with Crippen LogP contribution in [0.25, 0.3) is 0 Å². The molecule has 1 rings (SSSR count). The first-order chi connectivity index (χ1) is 8.19. The van der Waals surface area contributed by atoms with E-state index in [0.717, 1.165) is 24.8 Å². The first-order valence-corrected chi connectivity index (χ1v) is 6.58. The molecule has 3 nitrogen and oxygen atoms in total. The maximum Gasteiger partial charge on any atom is 0.117 e. The minimum atomic E-state index is 0.597. The number of nitrogens with one attached hydrogen (secondary N) is 1. The van der Waals surface area contributed by atoms with Gasteiger partial charge in [0, 0.05) is 12.6 Å². The molecule has 0 spiro atoms. The van der Waals surface area contributed by atoms with E-state index in [4.69, 9.17) is 4.42 Å². The van der Waals surface area contributed by atoms with Gasteiger partial charge in [-0.05, 0) is 32.1 Å². The molecule has 1 aromatic rings. The van der Waals surface area contributed by atoms with Crippen molar-refractivity contribution >= 4 is 0 Å². The molecule has 0 saturated carbocycles. The summed E-state index contributed by atoms with van der Waals surface area (Å²) in [6.45, 7) is 6.38. The number of hydrogen-bond donors (Lipinski definition) is 1. The van der Waals surface area contributed by atoms with Crippen LogP contribution >= 0.6 is 0 Å². The number of nitrogens with zero attached hydrogens (tertiary/aromatic N) is 1. The molecule has 1 N–H and O–H groups in total. The fraction of sp³-hybridized carbons (Fsp3) is 0.714. The zero-order valence-electron chi connectivity index (χ0n) is 11.6. The molecule has 3 heteroatoms. The van der Waals surface area contributed by atoms with Crippen LogP contribution in [-0.2, 0) is 6.54 Å². The van der Waals surface area contributed by atoms with Crippen LogP contribution in [0.2, 0.25) is 0 Å². The summed E-state index contributed by atoms with van der Waals surface area (Å²) in [5.74, 6) is 1.76. The maximum atomic E-state index is 5.31. The topological polar surface area (TPSA) is 28.4 Å². The van der Waals surface area contributed by atoms with Gasteiger partial charge < -0.3 is 14.6 Å². The van der Waals surface area contributed by atoms with E-state index in [-0.39, 0.29) is 0 Å². The summed E-state index contributed by atoms with van der Waals surface area (Å²) in [4.78, 5) is 2.33. The smallest absolute Gasteiger partial charge is 0.117 e. The molecule has 0 aliphatic rings. The quantitative estimate of drug-likeness (QED) is 0.755. The predicted octanol–water partition coefficient (Wildman–Crippen LogP) is 2.74. The van der Waals surface area contributed by atoms with Crippen molar-refractivity contribution in [2.45, 2.75) is 39.3 Å². The molecule has 1 heterocycles. The first kappa shape index (κ1) is 14.3. The van der Waals surface area contributed by atoms with E-state index < -0.39 is 0 Å². The van der Waals surface area contributed by atoms with Crippen LogP contribution in [0, 0.1) is 5.92 Å². The molecular weight excluding hydrogens is 212 g/mol. The number of furan rings is 1. The van der Waals surface area contributed by atoms with E-state index in [0.29, 0.717) is 6.04 Å². The van der Waals surface area contributed by atoms with Gasteiger partial charge in [0.25, 0.3) is 0 Å². The van der Waals surface area contributed by atoms with Crippen LogP contribution in [0.4, 0.5) is 0 Å². The summed E-state index contributed by atoms with van der Waals surface area (Å²) < 4.78 is 5.31. The third kappa shape index (κ3) is 4.52. The van der Waals surface area contributed by atoms with Gasteiger partial charge in [-0.15, -0.1) is 0 Å². The molecule has 0 amide bonds. The van der Waals surface area contributed by atoms with E-state index in [1.165, 1.54) is 12.8 Å². The summed E-state index contributed by atoms with van der Waals surface area (Å²) in [7, 11) is 4.33. The van der Waals surface area contributed by atoms with E-state index >= 15 is 0 Å². The van der Waals surface area contributed by atoms with Crippen molar-refractivity contribution in [1.29, 1.82) is 0 Å². The summed E-state index contributed by atoms with van der Waals surface area (Å²) >= 11 is 0. The second kappa shape index (κ2) is 7.51. The number of rotatable bonds is 8. The third-order valence-corrected chi connectivity index (χ3v) is 3.49. The fourth-order valence-electron chi connectivity index (χ4n) is 2.36. The lowest BCUT2D eigenvalue weighted by molar-refractivity contribution is 0.193. The highest BCUT2D eigenvalue weighted by Gasteiger charge is 2.19. The first-order valence-electron chi connectivity index (χ1n) is 6.58. The summed E-state index contributed by atoms with van der Waals surface area (Å²) in [6, 6.07) is 4.54. The molecule has 1 atom stereocenters. The molecule has 0 aromatic carbocycles. The van der Waals surface area contributed by atoms with Gasteiger partial charge >= 0.3 is 0 Å². The molecule has 0 radical (unpaired) electrons. The third-order valence-electron chi connectivity index (χ3n) is 3.49. The van der Waals surface area contributed by atoms with Crippen molar-refractivity contribution in [1.82, 2.24) is 10.2 Å². The Morgan fingerprint density at radius 3 is 2.47 bits per heavy atom. The highest BCUT2D eigenvalue weighted by Crippen LogP contribution is 2.16. The average molecular weight is 238 g/mol.